The fraction of sp³-hybridized carbons (Fsp3) is 0.333. The summed E-state index contributed by atoms with van der Waals surface area (Å²) in [4.78, 5) is 19.2. The van der Waals surface area contributed by atoms with Gasteiger partial charge in [0.1, 0.15) is 17.8 Å². The summed E-state index contributed by atoms with van der Waals surface area (Å²) in [5.74, 6) is 1.55. The van der Waals surface area contributed by atoms with Crippen LogP contribution in [0, 0.1) is 0 Å². The number of oxazole rings is 1. The minimum atomic E-state index is -0.422. The number of rotatable bonds is 5. The van der Waals surface area contributed by atoms with Gasteiger partial charge in [0.15, 0.2) is 12.3 Å². The van der Waals surface area contributed by atoms with Crippen molar-refractivity contribution in [2.75, 3.05) is 13.7 Å². The number of hydrogen-bond acceptors (Lipinski definition) is 5. The zero-order valence-corrected chi connectivity index (χ0v) is 16.2. The minimum absolute atomic E-state index is 0.132. The molecule has 0 radical (unpaired) electrons. The molecule has 1 aromatic carbocycles. The van der Waals surface area contributed by atoms with E-state index in [1.807, 2.05) is 49.2 Å². The predicted molar refractivity (Wildman–Crippen MR) is 102 cm³/mol. The van der Waals surface area contributed by atoms with E-state index < -0.39 is 5.54 Å². The molecule has 0 spiro atoms. The van der Waals surface area contributed by atoms with Crippen LogP contribution in [0.2, 0.25) is 0 Å². The summed E-state index contributed by atoms with van der Waals surface area (Å²) in [6.45, 7) is 5.61. The molecule has 4 rings (SSSR count). The van der Waals surface area contributed by atoms with E-state index in [0.717, 1.165) is 12.2 Å². The standard InChI is InChI=1S/C21H23N3O4/c1-21(2)18-8-5-9-23(18)10-11-24(21)20(25)17-13-28-19(22-17)14-27-16-7-4-6-15(12-16)26-3/h4-9,12-13H,10-11,14H2,1-3H3. The topological polar surface area (TPSA) is 69.7 Å². The van der Waals surface area contributed by atoms with Gasteiger partial charge in [0.2, 0.25) is 5.89 Å². The molecule has 0 fully saturated rings. The molecule has 3 aromatic rings. The maximum Gasteiger partial charge on any atom is 0.276 e. The summed E-state index contributed by atoms with van der Waals surface area (Å²) in [6, 6.07) is 11.3. The van der Waals surface area contributed by atoms with Gasteiger partial charge in [-0.2, -0.15) is 0 Å². The van der Waals surface area contributed by atoms with Crippen molar-refractivity contribution < 1.29 is 18.7 Å². The van der Waals surface area contributed by atoms with Crippen LogP contribution in [-0.4, -0.2) is 34.0 Å². The lowest BCUT2D eigenvalue weighted by Gasteiger charge is -2.43. The number of fused-ring (bicyclic) bond motifs is 1. The number of hydrogen-bond donors (Lipinski definition) is 0. The highest BCUT2D eigenvalue weighted by molar-refractivity contribution is 5.92. The van der Waals surface area contributed by atoms with Crippen LogP contribution in [0.1, 0.15) is 35.9 Å². The maximum atomic E-state index is 13.1. The van der Waals surface area contributed by atoms with E-state index in [1.165, 1.54) is 6.26 Å². The third kappa shape index (κ3) is 3.24. The van der Waals surface area contributed by atoms with E-state index in [1.54, 1.807) is 13.2 Å². The first-order chi connectivity index (χ1) is 13.5. The molecule has 0 N–H and O–H groups in total. The molecule has 7 nitrogen and oxygen atoms in total. The Bertz CT molecular complexity index is 989. The first kappa shape index (κ1) is 18.2. The third-order valence-corrected chi connectivity index (χ3v) is 5.12. The van der Waals surface area contributed by atoms with E-state index >= 15 is 0 Å². The summed E-state index contributed by atoms with van der Waals surface area (Å²) >= 11 is 0. The van der Waals surface area contributed by atoms with Crippen molar-refractivity contribution in [3.8, 4) is 11.5 Å². The molecular formula is C21H23N3O4. The molecule has 0 unspecified atom stereocenters. The third-order valence-electron chi connectivity index (χ3n) is 5.12. The molecule has 146 valence electrons. The van der Waals surface area contributed by atoms with Crippen molar-refractivity contribution in [3.63, 3.8) is 0 Å². The number of nitrogens with zero attached hydrogens (tertiary/aromatic N) is 3. The van der Waals surface area contributed by atoms with E-state index in [9.17, 15) is 4.79 Å². The smallest absolute Gasteiger partial charge is 0.276 e. The van der Waals surface area contributed by atoms with Crippen LogP contribution in [0.3, 0.4) is 0 Å². The first-order valence-corrected chi connectivity index (χ1v) is 9.18. The molecule has 0 aliphatic carbocycles. The van der Waals surface area contributed by atoms with Gasteiger partial charge in [-0.05, 0) is 38.1 Å². The lowest BCUT2D eigenvalue weighted by Crippen LogP contribution is -2.51. The molecule has 3 heterocycles. The average molecular weight is 381 g/mol. The second-order valence-electron chi connectivity index (χ2n) is 7.20. The second-order valence-corrected chi connectivity index (χ2v) is 7.20. The predicted octanol–water partition coefficient (Wildman–Crippen LogP) is 3.45. The van der Waals surface area contributed by atoms with Crippen molar-refractivity contribution in [2.45, 2.75) is 32.5 Å². The monoisotopic (exact) mass is 381 g/mol. The molecule has 28 heavy (non-hydrogen) atoms. The molecule has 1 amide bonds. The number of benzene rings is 1. The van der Waals surface area contributed by atoms with Gasteiger partial charge in [0.05, 0.1) is 12.6 Å². The number of carbonyl (C=O) groups is 1. The van der Waals surface area contributed by atoms with E-state index in [2.05, 4.69) is 15.6 Å². The van der Waals surface area contributed by atoms with Gasteiger partial charge in [0.25, 0.3) is 5.91 Å². The number of ether oxygens (including phenoxy) is 2. The first-order valence-electron chi connectivity index (χ1n) is 9.18. The summed E-state index contributed by atoms with van der Waals surface area (Å²) in [6.07, 6.45) is 3.44. The number of aromatic nitrogens is 2. The molecule has 7 heteroatoms. The number of amides is 1. The van der Waals surface area contributed by atoms with Crippen molar-refractivity contribution in [2.24, 2.45) is 0 Å². The van der Waals surface area contributed by atoms with Gasteiger partial charge in [-0.1, -0.05) is 6.07 Å². The molecular weight excluding hydrogens is 358 g/mol. The van der Waals surface area contributed by atoms with Gasteiger partial charge in [-0.25, -0.2) is 4.98 Å². The Hall–Kier alpha value is -3.22. The second kappa shape index (κ2) is 7.07. The van der Waals surface area contributed by atoms with Crippen molar-refractivity contribution >= 4 is 5.91 Å². The molecule has 0 bridgehead atoms. The Morgan fingerprint density at radius 3 is 2.86 bits per heavy atom. The van der Waals surface area contributed by atoms with Crippen LogP contribution in [0.5, 0.6) is 11.5 Å². The molecule has 0 saturated carbocycles. The summed E-state index contributed by atoms with van der Waals surface area (Å²) < 4.78 is 18.5. The average Bonchev–Trinajstić information content (AvgIpc) is 3.36. The number of carbonyl (C=O) groups excluding carboxylic acids is 1. The molecule has 2 aromatic heterocycles. The highest BCUT2D eigenvalue weighted by Crippen LogP contribution is 2.33. The Kier molecular flexibility index (Phi) is 4.58. The van der Waals surface area contributed by atoms with E-state index in [4.69, 9.17) is 13.9 Å². The molecule has 1 aliphatic rings. The Morgan fingerprint density at radius 2 is 2.04 bits per heavy atom. The Morgan fingerprint density at radius 1 is 1.21 bits per heavy atom. The molecule has 1 aliphatic heterocycles. The zero-order chi connectivity index (χ0) is 19.7. The van der Waals surface area contributed by atoms with Crippen LogP contribution in [-0.2, 0) is 18.7 Å². The fourth-order valence-electron chi connectivity index (χ4n) is 3.60. The summed E-state index contributed by atoms with van der Waals surface area (Å²) in [5, 5.41) is 0. The molecule has 0 saturated heterocycles. The summed E-state index contributed by atoms with van der Waals surface area (Å²) in [5.41, 5.74) is 0.976. The summed E-state index contributed by atoms with van der Waals surface area (Å²) in [7, 11) is 1.60. The van der Waals surface area contributed by atoms with Crippen molar-refractivity contribution in [3.05, 3.63) is 66.1 Å². The van der Waals surface area contributed by atoms with Crippen molar-refractivity contribution in [1.82, 2.24) is 14.5 Å². The van der Waals surface area contributed by atoms with Crippen LogP contribution in [0.15, 0.2) is 53.3 Å². The van der Waals surface area contributed by atoms with E-state index in [0.29, 0.717) is 23.9 Å². The van der Waals surface area contributed by atoms with Crippen LogP contribution < -0.4 is 9.47 Å². The SMILES string of the molecule is COc1cccc(OCc2nc(C(=O)N3CCn4cccc4C3(C)C)co2)c1. The largest absolute Gasteiger partial charge is 0.497 e. The van der Waals surface area contributed by atoms with Gasteiger partial charge in [0, 0.05) is 31.0 Å². The van der Waals surface area contributed by atoms with E-state index in [-0.39, 0.29) is 18.2 Å². The lowest BCUT2D eigenvalue weighted by atomic mass is 9.95. The Balaban J connectivity index is 1.46. The lowest BCUT2D eigenvalue weighted by molar-refractivity contribution is 0.0441. The fourth-order valence-corrected chi connectivity index (χ4v) is 3.60. The highest BCUT2D eigenvalue weighted by Gasteiger charge is 2.38. The molecule has 0 atom stereocenters. The van der Waals surface area contributed by atoms with Crippen molar-refractivity contribution in [1.29, 1.82) is 0 Å². The number of methoxy groups -OCH3 is 1. The van der Waals surface area contributed by atoms with Crippen LogP contribution in [0.4, 0.5) is 0 Å². The van der Waals surface area contributed by atoms with Gasteiger partial charge >= 0.3 is 0 Å². The zero-order valence-electron chi connectivity index (χ0n) is 16.2. The minimum Gasteiger partial charge on any atom is -0.497 e. The van der Waals surface area contributed by atoms with Crippen LogP contribution >= 0.6 is 0 Å². The van der Waals surface area contributed by atoms with Gasteiger partial charge in [-0.15, -0.1) is 0 Å². The quantitative estimate of drug-likeness (QED) is 0.677. The maximum absolute atomic E-state index is 13.1. The van der Waals surface area contributed by atoms with Gasteiger partial charge < -0.3 is 23.4 Å². The normalized spacial score (nSPS) is 15.2. The van der Waals surface area contributed by atoms with Crippen LogP contribution in [0.25, 0.3) is 0 Å². The Labute approximate surface area is 163 Å². The highest BCUT2D eigenvalue weighted by atomic mass is 16.5. The van der Waals surface area contributed by atoms with Gasteiger partial charge in [-0.3, -0.25) is 4.79 Å².